The lowest BCUT2D eigenvalue weighted by Crippen LogP contribution is -1.95. The molecule has 1 aliphatic carbocycles. The van der Waals surface area contributed by atoms with E-state index in [0.29, 0.717) is 29.6 Å². The van der Waals surface area contributed by atoms with Crippen LogP contribution < -0.4 is 0 Å². The van der Waals surface area contributed by atoms with Crippen LogP contribution in [0.15, 0.2) is 53.6 Å². The van der Waals surface area contributed by atoms with E-state index in [0.717, 1.165) is 5.56 Å². The Bertz CT molecular complexity index is 814. The highest BCUT2D eigenvalue weighted by atomic mass is 16.3. The Labute approximate surface area is 133 Å². The van der Waals surface area contributed by atoms with E-state index in [1.807, 2.05) is 6.08 Å². The predicted octanol–water partition coefficient (Wildman–Crippen LogP) is 3.63. The van der Waals surface area contributed by atoms with Crippen LogP contribution in [0.25, 0.3) is 12.2 Å². The molecule has 1 aliphatic rings. The van der Waals surface area contributed by atoms with Gasteiger partial charge in [-0.1, -0.05) is 12.1 Å². The molecule has 2 aromatic carbocycles. The zero-order chi connectivity index (χ0) is 16.4. The third kappa shape index (κ3) is 3.26. The lowest BCUT2D eigenvalue weighted by atomic mass is 10.1. The Balaban J connectivity index is 1.86. The number of aromatic hydroxyl groups is 3. The summed E-state index contributed by atoms with van der Waals surface area (Å²) in [4.78, 5) is 12.4. The van der Waals surface area contributed by atoms with Crippen LogP contribution in [0.4, 0.5) is 0 Å². The molecular formula is C19H16O4. The zero-order valence-corrected chi connectivity index (χ0v) is 12.4. The first-order valence-corrected chi connectivity index (χ1v) is 7.30. The monoisotopic (exact) mass is 308 g/mol. The van der Waals surface area contributed by atoms with Crippen molar-refractivity contribution in [2.24, 2.45) is 0 Å². The molecule has 0 heterocycles. The molecule has 0 atom stereocenters. The van der Waals surface area contributed by atoms with Crippen LogP contribution in [0.1, 0.15) is 24.0 Å². The molecule has 1 saturated carbocycles. The van der Waals surface area contributed by atoms with Gasteiger partial charge in [-0.15, -0.1) is 0 Å². The number of hydrogen-bond acceptors (Lipinski definition) is 4. The normalized spacial score (nSPS) is 18.0. The van der Waals surface area contributed by atoms with Crippen LogP contribution in [0, 0.1) is 0 Å². The number of benzene rings is 2. The van der Waals surface area contributed by atoms with E-state index in [-0.39, 0.29) is 23.0 Å². The number of rotatable bonds is 2. The maximum absolute atomic E-state index is 12.4. The number of Topliss-reactive ketones (excluding diaryl/α,β-unsaturated/α-hetero) is 1. The summed E-state index contributed by atoms with van der Waals surface area (Å²) in [5, 5.41) is 28.4. The number of carbonyl (C=O) groups excluding carboxylic acids is 1. The molecule has 23 heavy (non-hydrogen) atoms. The fourth-order valence-electron chi connectivity index (χ4n) is 2.59. The van der Waals surface area contributed by atoms with E-state index < -0.39 is 0 Å². The van der Waals surface area contributed by atoms with Gasteiger partial charge in [-0.05, 0) is 54.8 Å². The van der Waals surface area contributed by atoms with Gasteiger partial charge in [-0.25, -0.2) is 0 Å². The molecule has 4 nitrogen and oxygen atoms in total. The fourth-order valence-corrected chi connectivity index (χ4v) is 2.59. The fraction of sp³-hybridized carbons (Fsp3) is 0.105. The van der Waals surface area contributed by atoms with Gasteiger partial charge in [0.05, 0.1) is 0 Å². The van der Waals surface area contributed by atoms with Crippen LogP contribution in [0.2, 0.25) is 0 Å². The maximum Gasteiger partial charge on any atom is 0.185 e. The van der Waals surface area contributed by atoms with E-state index >= 15 is 0 Å². The van der Waals surface area contributed by atoms with Crippen molar-refractivity contribution in [1.29, 1.82) is 0 Å². The van der Waals surface area contributed by atoms with E-state index in [1.165, 1.54) is 12.1 Å². The number of phenols is 3. The molecule has 3 rings (SSSR count). The van der Waals surface area contributed by atoms with Crippen molar-refractivity contribution in [1.82, 2.24) is 0 Å². The predicted molar refractivity (Wildman–Crippen MR) is 88.1 cm³/mol. The molecule has 0 amide bonds. The molecule has 0 unspecified atom stereocenters. The molecule has 0 aromatic heterocycles. The van der Waals surface area contributed by atoms with Crippen molar-refractivity contribution in [2.45, 2.75) is 12.8 Å². The molecule has 0 bridgehead atoms. The Morgan fingerprint density at radius 2 is 1.39 bits per heavy atom. The average molecular weight is 308 g/mol. The van der Waals surface area contributed by atoms with E-state index in [9.17, 15) is 20.1 Å². The molecule has 0 radical (unpaired) electrons. The van der Waals surface area contributed by atoms with Gasteiger partial charge in [-0.3, -0.25) is 4.79 Å². The molecular weight excluding hydrogens is 292 g/mol. The highest BCUT2D eigenvalue weighted by Gasteiger charge is 2.23. The third-order valence-corrected chi connectivity index (χ3v) is 3.82. The van der Waals surface area contributed by atoms with Crippen molar-refractivity contribution in [3.05, 3.63) is 64.7 Å². The van der Waals surface area contributed by atoms with Gasteiger partial charge < -0.3 is 15.3 Å². The van der Waals surface area contributed by atoms with Crippen LogP contribution in [-0.4, -0.2) is 21.1 Å². The maximum atomic E-state index is 12.4. The second kappa shape index (κ2) is 6.01. The van der Waals surface area contributed by atoms with Crippen molar-refractivity contribution in [3.63, 3.8) is 0 Å². The first-order chi connectivity index (χ1) is 11.0. The molecule has 116 valence electrons. The molecule has 0 saturated heterocycles. The van der Waals surface area contributed by atoms with Crippen molar-refractivity contribution in [3.8, 4) is 17.2 Å². The summed E-state index contributed by atoms with van der Waals surface area (Å²) in [6.07, 6.45) is 4.74. The van der Waals surface area contributed by atoms with Crippen molar-refractivity contribution < 1.29 is 20.1 Å². The number of carbonyl (C=O) groups is 1. The highest BCUT2D eigenvalue weighted by Crippen LogP contribution is 2.32. The first kappa shape index (κ1) is 14.9. The number of allylic oxidation sites excluding steroid dienone is 2. The highest BCUT2D eigenvalue weighted by molar-refractivity contribution is 6.15. The Hall–Kier alpha value is -3.01. The molecule has 0 spiro atoms. The smallest absolute Gasteiger partial charge is 0.185 e. The van der Waals surface area contributed by atoms with Gasteiger partial charge >= 0.3 is 0 Å². The molecule has 0 aliphatic heterocycles. The minimum Gasteiger partial charge on any atom is -0.508 e. The Morgan fingerprint density at radius 1 is 0.783 bits per heavy atom. The summed E-state index contributed by atoms with van der Waals surface area (Å²) in [6.45, 7) is 0. The lowest BCUT2D eigenvalue weighted by Gasteiger charge is -2.01. The summed E-state index contributed by atoms with van der Waals surface area (Å²) < 4.78 is 0. The quantitative estimate of drug-likeness (QED) is 0.740. The average Bonchev–Trinajstić information content (AvgIpc) is 2.85. The first-order valence-electron chi connectivity index (χ1n) is 7.30. The summed E-state index contributed by atoms with van der Waals surface area (Å²) in [5.41, 5.74) is 2.72. The number of phenolic OH excluding ortho intramolecular Hbond substituents is 3. The van der Waals surface area contributed by atoms with Crippen LogP contribution in [0.5, 0.6) is 17.2 Å². The summed E-state index contributed by atoms with van der Waals surface area (Å²) in [5.74, 6) is 0.0791. The van der Waals surface area contributed by atoms with Crippen LogP contribution in [0.3, 0.4) is 0 Å². The van der Waals surface area contributed by atoms with Gasteiger partial charge in [-0.2, -0.15) is 0 Å². The van der Waals surface area contributed by atoms with Crippen LogP contribution >= 0.6 is 0 Å². The summed E-state index contributed by atoms with van der Waals surface area (Å²) in [7, 11) is 0. The molecule has 2 aromatic rings. The zero-order valence-electron chi connectivity index (χ0n) is 12.4. The lowest BCUT2D eigenvalue weighted by molar-refractivity contribution is -0.111. The topological polar surface area (TPSA) is 77.8 Å². The van der Waals surface area contributed by atoms with E-state index in [1.54, 1.807) is 36.4 Å². The van der Waals surface area contributed by atoms with E-state index in [4.69, 9.17) is 0 Å². The molecule has 4 heteroatoms. The Morgan fingerprint density at radius 3 is 2.04 bits per heavy atom. The number of hydrogen-bond donors (Lipinski definition) is 3. The Kier molecular flexibility index (Phi) is 3.89. The standard InChI is InChI=1S/C19H16O4/c20-16-6-1-12(2-7-16)9-14-3-4-15(19(14)23)10-13-5-8-17(21)11-18(13)22/h1-2,5-11,20-22H,3-4H2/b14-9+,15-10+. The van der Waals surface area contributed by atoms with Gasteiger partial charge in [0, 0.05) is 22.8 Å². The van der Waals surface area contributed by atoms with Gasteiger partial charge in [0.1, 0.15) is 17.2 Å². The second-order valence-corrected chi connectivity index (χ2v) is 5.50. The summed E-state index contributed by atoms with van der Waals surface area (Å²) in [6, 6.07) is 11.0. The SMILES string of the molecule is O=C1/C(=C/c2ccc(O)cc2)CC/C1=C\c1ccc(O)cc1O. The molecule has 1 fully saturated rings. The third-order valence-electron chi connectivity index (χ3n) is 3.82. The van der Waals surface area contributed by atoms with Gasteiger partial charge in [0.15, 0.2) is 5.78 Å². The second-order valence-electron chi connectivity index (χ2n) is 5.50. The minimum atomic E-state index is -0.0544. The number of ketones is 1. The van der Waals surface area contributed by atoms with Crippen molar-refractivity contribution >= 4 is 17.9 Å². The minimum absolute atomic E-state index is 0.0182. The largest absolute Gasteiger partial charge is 0.508 e. The summed E-state index contributed by atoms with van der Waals surface area (Å²) >= 11 is 0. The van der Waals surface area contributed by atoms with Gasteiger partial charge in [0.25, 0.3) is 0 Å². The van der Waals surface area contributed by atoms with Crippen molar-refractivity contribution in [2.75, 3.05) is 0 Å². The van der Waals surface area contributed by atoms with Crippen LogP contribution in [-0.2, 0) is 4.79 Å². The molecule has 3 N–H and O–H groups in total. The van der Waals surface area contributed by atoms with Gasteiger partial charge in [0.2, 0.25) is 0 Å². The van der Waals surface area contributed by atoms with E-state index in [2.05, 4.69) is 0 Å².